The summed E-state index contributed by atoms with van der Waals surface area (Å²) in [6.45, 7) is 1.88. The Morgan fingerprint density at radius 1 is 1.21 bits per heavy atom. The van der Waals surface area contributed by atoms with Crippen molar-refractivity contribution >= 4 is 21.8 Å². The van der Waals surface area contributed by atoms with Crippen LogP contribution in [0.3, 0.4) is 0 Å². The van der Waals surface area contributed by atoms with E-state index in [1.54, 1.807) is 12.1 Å². The number of nitrogens with zero attached hydrogens (tertiary/aromatic N) is 3. The molecule has 1 saturated heterocycles. The molecule has 0 saturated carbocycles. The van der Waals surface area contributed by atoms with Gasteiger partial charge in [0.1, 0.15) is 4.90 Å². The van der Waals surface area contributed by atoms with Gasteiger partial charge in [0.2, 0.25) is 11.8 Å². The summed E-state index contributed by atoms with van der Waals surface area (Å²) in [7, 11) is -3.99. The molecule has 0 radical (unpaired) electrons. The van der Waals surface area contributed by atoms with E-state index in [0.717, 1.165) is 0 Å². The van der Waals surface area contributed by atoms with Crippen LogP contribution < -0.4 is 4.72 Å². The third kappa shape index (κ3) is 3.16. The lowest BCUT2D eigenvalue weighted by Gasteiger charge is -2.37. The lowest BCUT2D eigenvalue weighted by atomic mass is 10.00. The van der Waals surface area contributed by atoms with Gasteiger partial charge in [0.05, 0.1) is 24.0 Å². The first-order valence-electron chi connectivity index (χ1n) is 7.29. The van der Waals surface area contributed by atoms with Gasteiger partial charge in [0.15, 0.2) is 0 Å². The van der Waals surface area contributed by atoms with Crippen LogP contribution in [0, 0.1) is 5.92 Å². The number of carbonyl (C=O) groups excluding carboxylic acids is 2. The summed E-state index contributed by atoms with van der Waals surface area (Å²) in [5.41, 5.74) is 0.710. The van der Waals surface area contributed by atoms with Crippen molar-refractivity contribution in [2.75, 3.05) is 13.1 Å². The van der Waals surface area contributed by atoms with Crippen molar-refractivity contribution in [3.63, 3.8) is 0 Å². The molecule has 1 N–H and O–H groups in total. The quantitative estimate of drug-likeness (QED) is 0.848. The highest BCUT2D eigenvalue weighted by atomic mass is 32.2. The van der Waals surface area contributed by atoms with E-state index in [9.17, 15) is 18.0 Å². The van der Waals surface area contributed by atoms with Gasteiger partial charge in [0.25, 0.3) is 10.0 Å². The number of likely N-dealkylation sites (tertiary alicyclic amines) is 1. The summed E-state index contributed by atoms with van der Waals surface area (Å²) in [5, 5.41) is 4.01. The minimum absolute atomic E-state index is 0.0950. The number of aromatic nitrogens is 2. The average molecular weight is 348 g/mol. The first-order valence-corrected chi connectivity index (χ1v) is 8.77. The van der Waals surface area contributed by atoms with Gasteiger partial charge in [-0.05, 0) is 12.1 Å². The van der Waals surface area contributed by atoms with Gasteiger partial charge < -0.3 is 4.90 Å². The van der Waals surface area contributed by atoms with E-state index in [-0.39, 0.29) is 23.9 Å². The number of carbonyl (C=O) groups is 2. The first kappa shape index (κ1) is 16.2. The molecule has 0 atom stereocenters. The average Bonchev–Trinajstić information content (AvgIpc) is 2.96. The Balaban J connectivity index is 1.69. The number of benzene rings is 1. The predicted molar refractivity (Wildman–Crippen MR) is 84.6 cm³/mol. The van der Waals surface area contributed by atoms with E-state index in [2.05, 4.69) is 5.10 Å². The molecule has 0 aliphatic carbocycles. The first-order chi connectivity index (χ1) is 11.4. The van der Waals surface area contributed by atoms with E-state index >= 15 is 0 Å². The normalized spacial score (nSPS) is 15.0. The fourth-order valence-corrected chi connectivity index (χ4v) is 3.32. The monoisotopic (exact) mass is 348 g/mol. The lowest BCUT2D eigenvalue weighted by molar-refractivity contribution is -0.140. The molecule has 2 aromatic rings. The molecular formula is C15H16N4O4S. The maximum atomic E-state index is 12.3. The highest BCUT2D eigenvalue weighted by Gasteiger charge is 2.36. The Morgan fingerprint density at radius 3 is 2.50 bits per heavy atom. The van der Waals surface area contributed by atoms with E-state index in [0.29, 0.717) is 5.69 Å². The topological polar surface area (TPSA) is 101 Å². The molecule has 1 aliphatic rings. The number of nitrogens with one attached hydrogen (secondary N) is 1. The Labute approximate surface area is 139 Å². The molecule has 2 amide bonds. The molecule has 1 aromatic heterocycles. The number of sulfonamides is 1. The predicted octanol–water partition coefficient (Wildman–Crippen LogP) is 0.156. The van der Waals surface area contributed by atoms with Crippen LogP contribution >= 0.6 is 0 Å². The summed E-state index contributed by atoms with van der Waals surface area (Å²) >= 11 is 0. The van der Waals surface area contributed by atoms with E-state index in [4.69, 9.17) is 0 Å². The molecule has 0 spiro atoms. The molecule has 2 heterocycles. The van der Waals surface area contributed by atoms with Crippen molar-refractivity contribution in [2.24, 2.45) is 5.92 Å². The van der Waals surface area contributed by atoms with Gasteiger partial charge in [-0.3, -0.25) is 9.59 Å². The Hall–Kier alpha value is -2.68. The van der Waals surface area contributed by atoms with Crippen LogP contribution in [0.2, 0.25) is 0 Å². The van der Waals surface area contributed by atoms with Crippen molar-refractivity contribution in [3.8, 4) is 5.69 Å². The zero-order valence-electron chi connectivity index (χ0n) is 12.9. The Morgan fingerprint density at radius 2 is 1.88 bits per heavy atom. The van der Waals surface area contributed by atoms with E-state index < -0.39 is 21.8 Å². The van der Waals surface area contributed by atoms with Crippen molar-refractivity contribution in [1.29, 1.82) is 0 Å². The van der Waals surface area contributed by atoms with Crippen molar-refractivity contribution in [3.05, 3.63) is 42.7 Å². The number of amides is 2. The molecule has 1 aliphatic heterocycles. The molecule has 0 unspecified atom stereocenters. The molecule has 126 valence electrons. The SMILES string of the molecule is CC(=O)N1CC(C(=O)NS(=O)(=O)c2cnn(-c3ccccc3)c2)C1. The smallest absolute Gasteiger partial charge is 0.267 e. The summed E-state index contributed by atoms with van der Waals surface area (Å²) in [4.78, 5) is 24.5. The second kappa shape index (κ2) is 6.08. The van der Waals surface area contributed by atoms with E-state index in [1.165, 1.54) is 28.9 Å². The highest BCUT2D eigenvalue weighted by molar-refractivity contribution is 7.90. The summed E-state index contributed by atoms with van der Waals surface area (Å²) in [6.07, 6.45) is 2.53. The second-order valence-corrected chi connectivity index (χ2v) is 7.23. The summed E-state index contributed by atoms with van der Waals surface area (Å²) < 4.78 is 28.0. The minimum atomic E-state index is -3.99. The maximum Gasteiger partial charge on any atom is 0.267 e. The fourth-order valence-electron chi connectivity index (χ4n) is 2.34. The van der Waals surface area contributed by atoms with Crippen molar-refractivity contribution in [1.82, 2.24) is 19.4 Å². The third-order valence-electron chi connectivity index (χ3n) is 3.82. The standard InChI is InChI=1S/C15H16N4O4S/c1-11(20)18-8-12(9-18)15(21)17-24(22,23)14-7-16-19(10-14)13-5-3-2-4-6-13/h2-7,10,12H,8-9H2,1H3,(H,17,21). The molecule has 1 aromatic carbocycles. The maximum absolute atomic E-state index is 12.3. The van der Waals surface area contributed by atoms with Gasteiger partial charge >= 0.3 is 0 Å². The summed E-state index contributed by atoms with van der Waals surface area (Å²) in [5.74, 6) is -1.25. The Bertz CT molecular complexity index is 870. The van der Waals surface area contributed by atoms with Crippen LogP contribution in [0.1, 0.15) is 6.92 Å². The second-order valence-electron chi connectivity index (χ2n) is 5.55. The molecule has 0 bridgehead atoms. The molecule has 3 rings (SSSR count). The van der Waals surface area contributed by atoms with Crippen LogP contribution in [0.4, 0.5) is 0 Å². The zero-order valence-corrected chi connectivity index (χ0v) is 13.7. The van der Waals surface area contributed by atoms with Gasteiger partial charge in [-0.1, -0.05) is 18.2 Å². The number of hydrogen-bond donors (Lipinski definition) is 1. The Kier molecular flexibility index (Phi) is 4.10. The van der Waals surface area contributed by atoms with Gasteiger partial charge in [-0.2, -0.15) is 5.10 Å². The van der Waals surface area contributed by atoms with E-state index in [1.807, 2.05) is 22.9 Å². The number of para-hydroxylation sites is 1. The van der Waals surface area contributed by atoms with Crippen LogP contribution in [0.25, 0.3) is 5.69 Å². The van der Waals surface area contributed by atoms with Gasteiger partial charge in [0, 0.05) is 20.0 Å². The highest BCUT2D eigenvalue weighted by Crippen LogP contribution is 2.17. The molecule has 1 fully saturated rings. The summed E-state index contributed by atoms with van der Waals surface area (Å²) in [6, 6.07) is 9.03. The molecule has 8 nitrogen and oxygen atoms in total. The fraction of sp³-hybridized carbons (Fsp3) is 0.267. The van der Waals surface area contributed by atoms with Gasteiger partial charge in [-0.25, -0.2) is 17.8 Å². The molecule has 9 heteroatoms. The van der Waals surface area contributed by atoms with Gasteiger partial charge in [-0.15, -0.1) is 0 Å². The van der Waals surface area contributed by atoms with Crippen molar-refractivity contribution < 1.29 is 18.0 Å². The van der Waals surface area contributed by atoms with Crippen LogP contribution in [-0.2, 0) is 19.6 Å². The number of hydrogen-bond acceptors (Lipinski definition) is 5. The molecule has 24 heavy (non-hydrogen) atoms. The van der Waals surface area contributed by atoms with Crippen LogP contribution in [0.15, 0.2) is 47.6 Å². The minimum Gasteiger partial charge on any atom is -0.341 e. The van der Waals surface area contributed by atoms with Crippen molar-refractivity contribution in [2.45, 2.75) is 11.8 Å². The largest absolute Gasteiger partial charge is 0.341 e. The number of rotatable bonds is 4. The zero-order chi connectivity index (χ0) is 17.3. The molecular weight excluding hydrogens is 332 g/mol. The third-order valence-corrected chi connectivity index (χ3v) is 5.12. The van der Waals surface area contributed by atoms with Crippen LogP contribution in [-0.4, -0.2) is 48.0 Å². The van der Waals surface area contributed by atoms with Crippen LogP contribution in [0.5, 0.6) is 0 Å². The lowest BCUT2D eigenvalue weighted by Crippen LogP contribution is -2.55.